The highest BCUT2D eigenvalue weighted by Crippen LogP contribution is 2.39. The van der Waals surface area contributed by atoms with Crippen molar-refractivity contribution in [2.45, 2.75) is 24.8 Å². The molecule has 1 nitrogen and oxygen atoms in total. The summed E-state index contributed by atoms with van der Waals surface area (Å²) in [6, 6.07) is 11.3. The van der Waals surface area contributed by atoms with Gasteiger partial charge in [-0.15, -0.1) is 0 Å². The molecule has 0 spiro atoms. The third-order valence-electron chi connectivity index (χ3n) is 3.63. The molecular weight excluding hydrogens is 201 g/mol. The van der Waals surface area contributed by atoms with Gasteiger partial charge in [-0.3, -0.25) is 0 Å². The van der Waals surface area contributed by atoms with Crippen molar-refractivity contribution in [1.29, 1.82) is 0 Å². The van der Waals surface area contributed by atoms with Crippen LogP contribution in [0.3, 0.4) is 0 Å². The summed E-state index contributed by atoms with van der Waals surface area (Å²) in [5, 5.41) is 1.72. The summed E-state index contributed by atoms with van der Waals surface area (Å²) in [6.45, 7) is 0. The quantitative estimate of drug-likeness (QED) is 0.776. The van der Waals surface area contributed by atoms with Gasteiger partial charge in [0.15, 0.2) is 0 Å². The lowest BCUT2D eigenvalue weighted by Gasteiger charge is -2.34. The molecule has 0 aliphatic heterocycles. The van der Waals surface area contributed by atoms with Gasteiger partial charge in [-0.2, -0.15) is 0 Å². The molecule has 0 saturated heterocycles. The minimum absolute atomic E-state index is 0.146. The van der Waals surface area contributed by atoms with Gasteiger partial charge in [-0.25, -0.2) is 4.39 Å². The summed E-state index contributed by atoms with van der Waals surface area (Å²) in [5.41, 5.74) is 7.19. The molecule has 3 rings (SSSR count). The molecular formula is C14H14FN. The third-order valence-corrected chi connectivity index (χ3v) is 3.63. The molecule has 2 atom stereocenters. The van der Waals surface area contributed by atoms with E-state index in [2.05, 4.69) is 6.07 Å². The highest BCUT2D eigenvalue weighted by molar-refractivity contribution is 5.86. The molecule has 0 radical (unpaired) electrons. The maximum Gasteiger partial charge on any atom is 0.131 e. The second kappa shape index (κ2) is 3.56. The van der Waals surface area contributed by atoms with E-state index in [-0.39, 0.29) is 11.9 Å². The van der Waals surface area contributed by atoms with Gasteiger partial charge in [0.05, 0.1) is 0 Å². The second-order valence-electron chi connectivity index (χ2n) is 4.53. The van der Waals surface area contributed by atoms with Crippen LogP contribution in [0.15, 0.2) is 36.4 Å². The topological polar surface area (TPSA) is 26.0 Å². The Hall–Kier alpha value is -1.41. The minimum Gasteiger partial charge on any atom is -0.327 e. The lowest BCUT2D eigenvalue weighted by molar-refractivity contribution is 0.348. The Bertz CT molecular complexity index is 535. The van der Waals surface area contributed by atoms with Gasteiger partial charge in [0.25, 0.3) is 0 Å². The third kappa shape index (κ3) is 1.34. The van der Waals surface area contributed by atoms with Gasteiger partial charge in [0.1, 0.15) is 5.82 Å². The van der Waals surface area contributed by atoms with Crippen LogP contribution in [0, 0.1) is 5.82 Å². The van der Waals surface area contributed by atoms with Crippen molar-refractivity contribution in [3.05, 3.63) is 47.8 Å². The van der Waals surface area contributed by atoms with Gasteiger partial charge in [0.2, 0.25) is 0 Å². The number of benzene rings is 2. The minimum atomic E-state index is -0.146. The zero-order valence-electron chi connectivity index (χ0n) is 8.99. The predicted octanol–water partition coefficient (Wildman–Crippen LogP) is 3.18. The van der Waals surface area contributed by atoms with E-state index in [1.165, 1.54) is 11.6 Å². The molecule has 1 saturated carbocycles. The van der Waals surface area contributed by atoms with Gasteiger partial charge in [0, 0.05) is 11.4 Å². The lowest BCUT2D eigenvalue weighted by Crippen LogP contribution is -2.37. The fourth-order valence-corrected chi connectivity index (χ4v) is 2.53. The first-order valence-corrected chi connectivity index (χ1v) is 5.70. The van der Waals surface area contributed by atoms with Crippen molar-refractivity contribution >= 4 is 10.8 Å². The van der Waals surface area contributed by atoms with E-state index in [0.29, 0.717) is 11.3 Å². The average Bonchev–Trinajstić information content (AvgIpc) is 2.29. The van der Waals surface area contributed by atoms with Crippen LogP contribution in [0.1, 0.15) is 24.3 Å². The van der Waals surface area contributed by atoms with Gasteiger partial charge >= 0.3 is 0 Å². The monoisotopic (exact) mass is 215 g/mol. The molecule has 16 heavy (non-hydrogen) atoms. The van der Waals surface area contributed by atoms with Crippen LogP contribution in [0.2, 0.25) is 0 Å². The molecule has 2 aromatic rings. The number of rotatable bonds is 1. The van der Waals surface area contributed by atoms with Gasteiger partial charge in [-0.05, 0) is 35.8 Å². The van der Waals surface area contributed by atoms with Gasteiger partial charge < -0.3 is 5.73 Å². The number of halogens is 1. The highest BCUT2D eigenvalue weighted by atomic mass is 19.1. The van der Waals surface area contributed by atoms with Gasteiger partial charge in [-0.1, -0.05) is 30.3 Å². The van der Waals surface area contributed by atoms with Crippen molar-refractivity contribution in [2.75, 3.05) is 0 Å². The van der Waals surface area contributed by atoms with E-state index in [1.807, 2.05) is 18.2 Å². The van der Waals surface area contributed by atoms with Crippen LogP contribution in [0.5, 0.6) is 0 Å². The van der Waals surface area contributed by atoms with Crippen molar-refractivity contribution in [3.8, 4) is 0 Å². The average molecular weight is 215 g/mol. The van der Waals surface area contributed by atoms with E-state index in [9.17, 15) is 4.39 Å². The van der Waals surface area contributed by atoms with Crippen LogP contribution < -0.4 is 5.73 Å². The largest absolute Gasteiger partial charge is 0.327 e. The normalized spacial score (nSPS) is 24.4. The highest BCUT2D eigenvalue weighted by Gasteiger charge is 2.29. The zero-order chi connectivity index (χ0) is 11.1. The number of nitrogens with two attached hydrogens (primary N) is 1. The Balaban J connectivity index is 2.21. The first-order chi connectivity index (χ1) is 7.77. The Kier molecular flexibility index (Phi) is 2.18. The summed E-state index contributed by atoms with van der Waals surface area (Å²) in [4.78, 5) is 0. The fourth-order valence-electron chi connectivity index (χ4n) is 2.53. The smallest absolute Gasteiger partial charge is 0.131 e. The summed E-state index contributed by atoms with van der Waals surface area (Å²) >= 11 is 0. The van der Waals surface area contributed by atoms with Crippen LogP contribution in [-0.4, -0.2) is 6.04 Å². The number of hydrogen-bond donors (Lipinski definition) is 1. The molecule has 0 amide bonds. The molecule has 0 heterocycles. The first-order valence-electron chi connectivity index (χ1n) is 5.70. The summed E-state index contributed by atoms with van der Waals surface area (Å²) < 4.78 is 13.6. The fraction of sp³-hybridized carbons (Fsp3) is 0.286. The van der Waals surface area contributed by atoms with E-state index in [1.54, 1.807) is 6.07 Å². The number of hydrogen-bond acceptors (Lipinski definition) is 1. The Labute approximate surface area is 94.1 Å². The Morgan fingerprint density at radius 3 is 2.44 bits per heavy atom. The second-order valence-corrected chi connectivity index (χ2v) is 4.53. The van der Waals surface area contributed by atoms with Crippen LogP contribution in [0.25, 0.3) is 10.8 Å². The Morgan fingerprint density at radius 1 is 1.00 bits per heavy atom. The SMILES string of the molecule is N[C@@H]1CC[C@@H]1c1cccc2c(F)cccc12. The lowest BCUT2D eigenvalue weighted by atomic mass is 9.74. The van der Waals surface area contributed by atoms with E-state index < -0.39 is 0 Å². The predicted molar refractivity (Wildman–Crippen MR) is 63.9 cm³/mol. The van der Waals surface area contributed by atoms with Crippen LogP contribution in [0.4, 0.5) is 4.39 Å². The zero-order valence-corrected chi connectivity index (χ0v) is 8.99. The van der Waals surface area contributed by atoms with Crippen molar-refractivity contribution in [2.24, 2.45) is 5.73 Å². The molecule has 2 heteroatoms. The first kappa shape index (κ1) is 9.79. The van der Waals surface area contributed by atoms with Crippen molar-refractivity contribution in [3.63, 3.8) is 0 Å². The van der Waals surface area contributed by atoms with Crippen molar-refractivity contribution < 1.29 is 4.39 Å². The molecule has 0 unspecified atom stereocenters. The molecule has 0 aromatic heterocycles. The summed E-state index contributed by atoms with van der Waals surface area (Å²) in [7, 11) is 0. The molecule has 1 aliphatic rings. The van der Waals surface area contributed by atoms with Crippen LogP contribution >= 0.6 is 0 Å². The number of fused-ring (bicyclic) bond motifs is 1. The Morgan fingerprint density at radius 2 is 1.75 bits per heavy atom. The maximum absolute atomic E-state index is 13.6. The molecule has 1 fully saturated rings. The van der Waals surface area contributed by atoms with Crippen molar-refractivity contribution in [1.82, 2.24) is 0 Å². The molecule has 0 bridgehead atoms. The van der Waals surface area contributed by atoms with Crippen LogP contribution in [-0.2, 0) is 0 Å². The molecule has 82 valence electrons. The van der Waals surface area contributed by atoms with E-state index >= 15 is 0 Å². The van der Waals surface area contributed by atoms with E-state index in [4.69, 9.17) is 5.73 Å². The summed E-state index contributed by atoms with van der Waals surface area (Å²) in [5.74, 6) is 0.262. The standard InChI is InChI=1S/C14H14FN/c15-13-6-2-4-9-10(3-1-5-11(9)13)12-7-8-14(12)16/h1-6,12,14H,7-8,16H2/t12-,14-/m1/s1. The molecule has 2 aromatic carbocycles. The summed E-state index contributed by atoms with van der Waals surface area (Å²) in [6.07, 6.45) is 2.20. The maximum atomic E-state index is 13.6. The van der Waals surface area contributed by atoms with E-state index in [0.717, 1.165) is 18.2 Å². The molecule has 1 aliphatic carbocycles. The molecule has 2 N–H and O–H groups in total.